The molecule has 0 saturated carbocycles. The quantitative estimate of drug-likeness (QED) is 0.521. The summed E-state index contributed by atoms with van der Waals surface area (Å²) in [5, 5.41) is 27.0. The van der Waals surface area contributed by atoms with Crippen molar-refractivity contribution in [2.24, 2.45) is 5.73 Å². The second kappa shape index (κ2) is 3.97. The number of aromatic carboxylic acids is 1. The van der Waals surface area contributed by atoms with Crippen LogP contribution in [0.5, 0.6) is 11.5 Å². The molecule has 76 valence electrons. The minimum absolute atomic E-state index is 0.0363. The Labute approximate surface area is 80.4 Å². The maximum absolute atomic E-state index is 10.7. The number of carboxylic acid groups (broad SMARTS) is 1. The zero-order valence-corrected chi connectivity index (χ0v) is 7.40. The fourth-order valence-electron chi connectivity index (χ4n) is 1.18. The van der Waals surface area contributed by atoms with E-state index >= 15 is 0 Å². The first-order valence-electron chi connectivity index (χ1n) is 4.04. The molecule has 0 saturated heterocycles. The van der Waals surface area contributed by atoms with E-state index in [1.165, 1.54) is 6.07 Å². The molecular formula is C9H11NO4. The Kier molecular flexibility index (Phi) is 2.93. The first kappa shape index (κ1) is 10.3. The highest BCUT2D eigenvalue weighted by atomic mass is 16.4. The molecule has 14 heavy (non-hydrogen) atoms. The Morgan fingerprint density at radius 3 is 2.36 bits per heavy atom. The number of phenols is 2. The summed E-state index contributed by atoms with van der Waals surface area (Å²) < 4.78 is 0. The largest absolute Gasteiger partial charge is 0.504 e. The zero-order chi connectivity index (χ0) is 10.7. The molecule has 0 fully saturated rings. The highest BCUT2D eigenvalue weighted by Gasteiger charge is 2.13. The molecule has 0 bridgehead atoms. The number of phenolic OH excluding ortho intramolecular Hbond substituents is 2. The molecule has 0 aromatic heterocycles. The Morgan fingerprint density at radius 1 is 1.29 bits per heavy atom. The van der Waals surface area contributed by atoms with E-state index in [0.29, 0.717) is 12.0 Å². The van der Waals surface area contributed by atoms with Crippen LogP contribution in [0.15, 0.2) is 12.1 Å². The van der Waals surface area contributed by atoms with E-state index in [0.717, 1.165) is 6.07 Å². The van der Waals surface area contributed by atoms with Crippen molar-refractivity contribution in [2.45, 2.75) is 6.42 Å². The third-order valence-corrected chi connectivity index (χ3v) is 1.84. The summed E-state index contributed by atoms with van der Waals surface area (Å²) in [6, 6.07) is 2.23. The van der Waals surface area contributed by atoms with Gasteiger partial charge in [-0.2, -0.15) is 0 Å². The van der Waals surface area contributed by atoms with E-state index in [1.807, 2.05) is 0 Å². The lowest BCUT2D eigenvalue weighted by Gasteiger charge is -2.06. The van der Waals surface area contributed by atoms with Crippen molar-refractivity contribution in [3.63, 3.8) is 0 Å². The van der Waals surface area contributed by atoms with Gasteiger partial charge in [0.15, 0.2) is 11.5 Å². The maximum Gasteiger partial charge on any atom is 0.336 e. The third-order valence-electron chi connectivity index (χ3n) is 1.84. The number of hydrogen-bond acceptors (Lipinski definition) is 4. The SMILES string of the molecule is NCCc1cc(O)c(O)cc1C(=O)O. The second-order valence-corrected chi connectivity index (χ2v) is 2.84. The summed E-state index contributed by atoms with van der Waals surface area (Å²) in [6.45, 7) is 0.282. The molecule has 5 heteroatoms. The van der Waals surface area contributed by atoms with Gasteiger partial charge in [0.1, 0.15) is 0 Å². The molecular weight excluding hydrogens is 186 g/mol. The van der Waals surface area contributed by atoms with E-state index in [1.54, 1.807) is 0 Å². The van der Waals surface area contributed by atoms with Crippen LogP contribution in [0.2, 0.25) is 0 Å². The predicted molar refractivity (Wildman–Crippen MR) is 49.5 cm³/mol. The molecule has 0 unspecified atom stereocenters. The van der Waals surface area contributed by atoms with Gasteiger partial charge >= 0.3 is 5.97 Å². The molecule has 0 amide bonds. The minimum Gasteiger partial charge on any atom is -0.504 e. The topological polar surface area (TPSA) is 104 Å². The number of rotatable bonds is 3. The van der Waals surface area contributed by atoms with Crippen molar-refractivity contribution >= 4 is 5.97 Å². The molecule has 1 rings (SSSR count). The number of nitrogens with two attached hydrogens (primary N) is 1. The number of carboxylic acids is 1. The fraction of sp³-hybridized carbons (Fsp3) is 0.222. The third kappa shape index (κ3) is 1.94. The number of benzene rings is 1. The number of carbonyl (C=O) groups is 1. The van der Waals surface area contributed by atoms with Gasteiger partial charge in [-0.15, -0.1) is 0 Å². The first-order valence-corrected chi connectivity index (χ1v) is 4.04. The van der Waals surface area contributed by atoms with Crippen molar-refractivity contribution in [1.82, 2.24) is 0 Å². The van der Waals surface area contributed by atoms with Gasteiger partial charge in [0, 0.05) is 0 Å². The van der Waals surface area contributed by atoms with Crippen molar-refractivity contribution in [3.8, 4) is 11.5 Å². The molecule has 0 aliphatic carbocycles. The standard InChI is InChI=1S/C9H11NO4/c10-2-1-5-3-7(11)8(12)4-6(5)9(13)14/h3-4,11-12H,1-2,10H2,(H,13,14). The summed E-state index contributed by atoms with van der Waals surface area (Å²) in [6.07, 6.45) is 0.343. The smallest absolute Gasteiger partial charge is 0.336 e. The van der Waals surface area contributed by atoms with Crippen molar-refractivity contribution < 1.29 is 20.1 Å². The molecule has 0 spiro atoms. The normalized spacial score (nSPS) is 10.1. The lowest BCUT2D eigenvalue weighted by atomic mass is 10.0. The Balaban J connectivity index is 3.24. The molecule has 5 N–H and O–H groups in total. The molecule has 0 atom stereocenters. The summed E-state index contributed by atoms with van der Waals surface area (Å²) in [5.41, 5.74) is 5.66. The molecule has 0 aliphatic heterocycles. The van der Waals surface area contributed by atoms with Gasteiger partial charge in [0.25, 0.3) is 0 Å². The van der Waals surface area contributed by atoms with Gasteiger partial charge in [0.05, 0.1) is 5.56 Å². The summed E-state index contributed by atoms with van der Waals surface area (Å²) in [5.74, 6) is -1.93. The van der Waals surface area contributed by atoms with Gasteiger partial charge in [-0.05, 0) is 30.7 Å². The van der Waals surface area contributed by atoms with E-state index < -0.39 is 11.7 Å². The van der Waals surface area contributed by atoms with Crippen LogP contribution >= 0.6 is 0 Å². The highest BCUT2D eigenvalue weighted by molar-refractivity contribution is 5.90. The maximum atomic E-state index is 10.7. The van der Waals surface area contributed by atoms with Gasteiger partial charge in [-0.1, -0.05) is 0 Å². The molecule has 0 radical (unpaired) electrons. The van der Waals surface area contributed by atoms with Gasteiger partial charge in [-0.3, -0.25) is 0 Å². The van der Waals surface area contributed by atoms with Crippen LogP contribution in [0.4, 0.5) is 0 Å². The Bertz CT molecular complexity index is 362. The van der Waals surface area contributed by atoms with Crippen LogP contribution in [0, 0.1) is 0 Å². The highest BCUT2D eigenvalue weighted by Crippen LogP contribution is 2.28. The average Bonchev–Trinajstić information content (AvgIpc) is 2.11. The Hall–Kier alpha value is -1.75. The van der Waals surface area contributed by atoms with Crippen molar-refractivity contribution in [3.05, 3.63) is 23.3 Å². The summed E-state index contributed by atoms with van der Waals surface area (Å²) >= 11 is 0. The molecule has 5 nitrogen and oxygen atoms in total. The van der Waals surface area contributed by atoms with Crippen LogP contribution in [0.1, 0.15) is 15.9 Å². The van der Waals surface area contributed by atoms with Crippen molar-refractivity contribution in [2.75, 3.05) is 6.54 Å². The van der Waals surface area contributed by atoms with E-state index in [-0.39, 0.29) is 17.9 Å². The number of aromatic hydroxyl groups is 2. The first-order chi connectivity index (χ1) is 6.56. The van der Waals surface area contributed by atoms with Gasteiger partial charge in [0.2, 0.25) is 0 Å². The summed E-state index contributed by atoms with van der Waals surface area (Å²) in [4.78, 5) is 10.7. The number of hydrogen-bond donors (Lipinski definition) is 4. The lowest BCUT2D eigenvalue weighted by molar-refractivity contribution is 0.0695. The molecule has 1 aromatic rings. The lowest BCUT2D eigenvalue weighted by Crippen LogP contribution is -2.08. The van der Waals surface area contributed by atoms with Crippen LogP contribution in [0.25, 0.3) is 0 Å². The van der Waals surface area contributed by atoms with Crippen LogP contribution in [0.3, 0.4) is 0 Å². The summed E-state index contributed by atoms with van der Waals surface area (Å²) in [7, 11) is 0. The van der Waals surface area contributed by atoms with E-state index in [2.05, 4.69) is 0 Å². The molecule has 0 aliphatic rings. The van der Waals surface area contributed by atoms with Crippen LogP contribution in [-0.2, 0) is 6.42 Å². The Morgan fingerprint density at radius 2 is 1.86 bits per heavy atom. The van der Waals surface area contributed by atoms with Gasteiger partial charge < -0.3 is 21.1 Å². The van der Waals surface area contributed by atoms with E-state index in [9.17, 15) is 4.79 Å². The minimum atomic E-state index is -1.15. The van der Waals surface area contributed by atoms with Crippen molar-refractivity contribution in [1.29, 1.82) is 0 Å². The fourth-order valence-corrected chi connectivity index (χ4v) is 1.18. The molecule has 0 heterocycles. The van der Waals surface area contributed by atoms with Crippen LogP contribution in [-0.4, -0.2) is 27.8 Å². The second-order valence-electron chi connectivity index (χ2n) is 2.84. The average molecular weight is 197 g/mol. The van der Waals surface area contributed by atoms with Gasteiger partial charge in [-0.25, -0.2) is 4.79 Å². The van der Waals surface area contributed by atoms with E-state index in [4.69, 9.17) is 21.1 Å². The monoisotopic (exact) mass is 197 g/mol. The zero-order valence-electron chi connectivity index (χ0n) is 7.40. The molecule has 1 aromatic carbocycles. The predicted octanol–water partition coefficient (Wildman–Crippen LogP) is 0.297. The van der Waals surface area contributed by atoms with Crippen LogP contribution < -0.4 is 5.73 Å².